The fourth-order valence-electron chi connectivity index (χ4n) is 1.66. The van der Waals surface area contributed by atoms with Gasteiger partial charge in [-0.1, -0.05) is 43.3 Å². The van der Waals surface area contributed by atoms with Crippen LogP contribution in [0.15, 0.2) is 46.5 Å². The van der Waals surface area contributed by atoms with E-state index in [9.17, 15) is 4.39 Å². The molecule has 0 aliphatic heterocycles. The van der Waals surface area contributed by atoms with Crippen LogP contribution in [-0.4, -0.2) is 11.0 Å². The highest BCUT2D eigenvalue weighted by Crippen LogP contribution is 2.34. The quantitative estimate of drug-likeness (QED) is 0.878. The highest BCUT2D eigenvalue weighted by atomic mass is 35.5. The predicted octanol–water partition coefficient (Wildman–Crippen LogP) is 4.52. The number of hydrogen-bond acceptors (Lipinski definition) is 3. The van der Waals surface area contributed by atoms with Gasteiger partial charge in [0.2, 0.25) is 0 Å². The van der Waals surface area contributed by atoms with E-state index < -0.39 is 0 Å². The summed E-state index contributed by atoms with van der Waals surface area (Å²) >= 11 is 7.48. The van der Waals surface area contributed by atoms with E-state index in [0.29, 0.717) is 28.2 Å². The Morgan fingerprint density at radius 3 is 2.80 bits per heavy atom. The Bertz CT molecular complexity index is 590. The van der Waals surface area contributed by atoms with E-state index in [2.05, 4.69) is 10.3 Å². The number of rotatable bonds is 5. The van der Waals surface area contributed by atoms with Crippen LogP contribution in [0, 0.1) is 5.82 Å². The summed E-state index contributed by atoms with van der Waals surface area (Å²) in [7, 11) is 0. The van der Waals surface area contributed by atoms with Crippen LogP contribution in [0.2, 0.25) is 5.02 Å². The lowest BCUT2D eigenvalue weighted by molar-refractivity contribution is 0.546. The highest BCUT2D eigenvalue weighted by molar-refractivity contribution is 7.99. The molecule has 2 aromatic rings. The molecule has 0 amide bonds. The predicted molar refractivity (Wildman–Crippen MR) is 81.7 cm³/mol. The smallest absolute Gasteiger partial charge is 0.128 e. The molecule has 0 bridgehead atoms. The van der Waals surface area contributed by atoms with Gasteiger partial charge in [-0.3, -0.25) is 0 Å². The van der Waals surface area contributed by atoms with Gasteiger partial charge in [-0.15, -0.1) is 0 Å². The number of aromatic nitrogens is 1. The molecule has 0 aliphatic carbocycles. The molecule has 5 heteroatoms. The average molecular weight is 311 g/mol. The number of benzene rings is 1. The zero-order chi connectivity index (χ0) is 14.5. The maximum absolute atomic E-state index is 14.0. The standard InChI is InChI=1S/C15H16ClFN2S/c1-10(2)19-9-11-13(17)6-3-7-14(11)20-15-12(16)5-4-8-18-15/h3-8,10,19H,9H2,1-2H3. The molecule has 20 heavy (non-hydrogen) atoms. The van der Waals surface area contributed by atoms with Crippen molar-refractivity contribution in [2.45, 2.75) is 36.4 Å². The van der Waals surface area contributed by atoms with Crippen molar-refractivity contribution in [3.05, 3.63) is 52.9 Å². The van der Waals surface area contributed by atoms with E-state index >= 15 is 0 Å². The normalized spacial score (nSPS) is 11.1. The molecule has 106 valence electrons. The van der Waals surface area contributed by atoms with Crippen molar-refractivity contribution in [3.8, 4) is 0 Å². The summed E-state index contributed by atoms with van der Waals surface area (Å²) in [6.07, 6.45) is 1.68. The Morgan fingerprint density at radius 2 is 2.10 bits per heavy atom. The van der Waals surface area contributed by atoms with Gasteiger partial charge in [0.1, 0.15) is 10.8 Å². The van der Waals surface area contributed by atoms with Crippen molar-refractivity contribution >= 4 is 23.4 Å². The van der Waals surface area contributed by atoms with Crippen molar-refractivity contribution in [1.29, 1.82) is 0 Å². The minimum absolute atomic E-state index is 0.213. The molecule has 0 aliphatic rings. The number of pyridine rings is 1. The summed E-state index contributed by atoms with van der Waals surface area (Å²) in [5, 5.41) is 4.50. The van der Waals surface area contributed by atoms with E-state index in [-0.39, 0.29) is 5.82 Å². The van der Waals surface area contributed by atoms with E-state index in [1.54, 1.807) is 24.4 Å². The average Bonchev–Trinajstić information content (AvgIpc) is 2.40. The molecule has 0 spiro atoms. The first kappa shape index (κ1) is 15.3. The maximum Gasteiger partial charge on any atom is 0.128 e. The first-order valence-corrected chi connectivity index (χ1v) is 7.56. The van der Waals surface area contributed by atoms with Crippen LogP contribution in [0.3, 0.4) is 0 Å². The Hall–Kier alpha value is -1.10. The second kappa shape index (κ2) is 7.07. The van der Waals surface area contributed by atoms with Gasteiger partial charge in [-0.2, -0.15) is 0 Å². The summed E-state index contributed by atoms with van der Waals surface area (Å²) in [4.78, 5) is 5.06. The van der Waals surface area contributed by atoms with Gasteiger partial charge in [-0.25, -0.2) is 9.37 Å². The topological polar surface area (TPSA) is 24.9 Å². The van der Waals surface area contributed by atoms with Gasteiger partial charge < -0.3 is 5.32 Å². The lowest BCUT2D eigenvalue weighted by Crippen LogP contribution is -2.22. The SMILES string of the molecule is CC(C)NCc1c(F)cccc1Sc1ncccc1Cl. The highest BCUT2D eigenvalue weighted by Gasteiger charge is 2.12. The molecule has 1 N–H and O–H groups in total. The first-order chi connectivity index (χ1) is 9.58. The summed E-state index contributed by atoms with van der Waals surface area (Å²) in [6, 6.07) is 8.91. The third-order valence-corrected chi connectivity index (χ3v) is 4.23. The Kier molecular flexibility index (Phi) is 5.40. The zero-order valence-electron chi connectivity index (χ0n) is 11.4. The summed E-state index contributed by atoms with van der Waals surface area (Å²) in [5.41, 5.74) is 0.646. The summed E-state index contributed by atoms with van der Waals surface area (Å²) in [5.74, 6) is -0.213. The molecule has 0 radical (unpaired) electrons. The van der Waals surface area contributed by atoms with Crippen molar-refractivity contribution in [1.82, 2.24) is 10.3 Å². The molecule has 0 atom stereocenters. The van der Waals surface area contributed by atoms with E-state index in [0.717, 1.165) is 4.90 Å². The lowest BCUT2D eigenvalue weighted by Gasteiger charge is -2.13. The summed E-state index contributed by atoms with van der Waals surface area (Å²) < 4.78 is 14.0. The molecule has 1 aromatic heterocycles. The Labute approximate surface area is 127 Å². The van der Waals surface area contributed by atoms with Crippen molar-refractivity contribution in [3.63, 3.8) is 0 Å². The molecule has 0 unspecified atom stereocenters. The molecular formula is C15H16ClFN2S. The van der Waals surface area contributed by atoms with Crippen LogP contribution < -0.4 is 5.32 Å². The summed E-state index contributed by atoms with van der Waals surface area (Å²) in [6.45, 7) is 4.55. The van der Waals surface area contributed by atoms with Crippen LogP contribution in [-0.2, 0) is 6.54 Å². The minimum Gasteiger partial charge on any atom is -0.310 e. The molecular weight excluding hydrogens is 295 g/mol. The number of nitrogens with zero attached hydrogens (tertiary/aromatic N) is 1. The van der Waals surface area contributed by atoms with Crippen LogP contribution in [0.25, 0.3) is 0 Å². The van der Waals surface area contributed by atoms with E-state index in [4.69, 9.17) is 11.6 Å². The van der Waals surface area contributed by atoms with Crippen molar-refractivity contribution in [2.24, 2.45) is 0 Å². The van der Waals surface area contributed by atoms with Gasteiger partial charge in [0.05, 0.1) is 5.02 Å². The van der Waals surface area contributed by atoms with E-state index in [1.165, 1.54) is 17.8 Å². The Balaban J connectivity index is 2.27. The third kappa shape index (κ3) is 3.95. The minimum atomic E-state index is -0.213. The second-order valence-corrected chi connectivity index (χ2v) is 6.08. The monoisotopic (exact) mass is 310 g/mol. The number of halogens is 2. The molecule has 2 nitrogen and oxygen atoms in total. The molecule has 0 saturated heterocycles. The molecule has 1 aromatic carbocycles. The van der Waals surface area contributed by atoms with Crippen molar-refractivity contribution in [2.75, 3.05) is 0 Å². The van der Waals surface area contributed by atoms with Crippen LogP contribution in [0.4, 0.5) is 4.39 Å². The largest absolute Gasteiger partial charge is 0.310 e. The van der Waals surface area contributed by atoms with Crippen LogP contribution in [0.5, 0.6) is 0 Å². The maximum atomic E-state index is 14.0. The lowest BCUT2D eigenvalue weighted by atomic mass is 10.2. The third-order valence-electron chi connectivity index (χ3n) is 2.69. The van der Waals surface area contributed by atoms with Crippen LogP contribution in [0.1, 0.15) is 19.4 Å². The van der Waals surface area contributed by atoms with Gasteiger partial charge in [-0.05, 0) is 24.3 Å². The van der Waals surface area contributed by atoms with E-state index in [1.807, 2.05) is 19.9 Å². The molecule has 0 fully saturated rings. The Morgan fingerprint density at radius 1 is 1.30 bits per heavy atom. The van der Waals surface area contributed by atoms with Gasteiger partial charge in [0.15, 0.2) is 0 Å². The van der Waals surface area contributed by atoms with Gasteiger partial charge in [0.25, 0.3) is 0 Å². The first-order valence-electron chi connectivity index (χ1n) is 6.37. The molecule has 0 saturated carbocycles. The number of hydrogen-bond donors (Lipinski definition) is 1. The zero-order valence-corrected chi connectivity index (χ0v) is 12.9. The molecule has 2 rings (SSSR count). The van der Waals surface area contributed by atoms with Crippen LogP contribution >= 0.6 is 23.4 Å². The van der Waals surface area contributed by atoms with Crippen molar-refractivity contribution < 1.29 is 4.39 Å². The number of nitrogens with one attached hydrogen (secondary N) is 1. The second-order valence-electron chi connectivity index (χ2n) is 4.64. The van der Waals surface area contributed by atoms with Gasteiger partial charge >= 0.3 is 0 Å². The molecule has 1 heterocycles. The fraction of sp³-hybridized carbons (Fsp3) is 0.267. The van der Waals surface area contributed by atoms with Gasteiger partial charge in [0, 0.05) is 29.2 Å². The fourth-order valence-corrected chi connectivity index (χ4v) is 2.83.